The lowest BCUT2D eigenvalue weighted by atomic mass is 9.99. The summed E-state index contributed by atoms with van der Waals surface area (Å²) in [5.74, 6) is -1.42. The number of aliphatic carboxylic acids is 1. The minimum absolute atomic E-state index is 0.00922. The second kappa shape index (κ2) is 7.33. The Morgan fingerprint density at radius 2 is 1.83 bits per heavy atom. The van der Waals surface area contributed by atoms with E-state index < -0.39 is 28.5 Å². The van der Waals surface area contributed by atoms with E-state index in [1.165, 1.54) is 28.6 Å². The molecule has 1 fully saturated rings. The normalized spacial score (nSPS) is 17.5. The Morgan fingerprint density at radius 3 is 2.30 bits per heavy atom. The van der Waals surface area contributed by atoms with Crippen LogP contribution in [-0.2, 0) is 21.5 Å². The third kappa shape index (κ3) is 4.69. The minimum Gasteiger partial charge on any atom is -0.481 e. The molecule has 0 radical (unpaired) electrons. The first-order valence-electron chi connectivity index (χ1n) is 7.14. The molecule has 2 N–H and O–H groups in total. The molecule has 0 bridgehead atoms. The lowest BCUT2D eigenvalue weighted by molar-refractivity contribution is -0.142. The summed E-state index contributed by atoms with van der Waals surface area (Å²) < 4.78 is 52.8. The number of halogens is 2. The average Bonchev–Trinajstić information content (AvgIpc) is 2.53. The lowest BCUT2D eigenvalue weighted by Crippen LogP contribution is -2.45. The highest BCUT2D eigenvalue weighted by Crippen LogP contribution is 2.20. The second-order valence-electron chi connectivity index (χ2n) is 5.38. The molecule has 0 saturated carbocycles. The SMILES string of the molecule is O=C(O)C1CCN(S(=O)(=O)NCc2ccc(C(F)F)cc2)CC1. The number of piperidine rings is 1. The summed E-state index contributed by atoms with van der Waals surface area (Å²) >= 11 is 0. The van der Waals surface area contributed by atoms with Gasteiger partial charge in [0.1, 0.15) is 0 Å². The molecule has 6 nitrogen and oxygen atoms in total. The van der Waals surface area contributed by atoms with E-state index in [-0.39, 0.29) is 38.0 Å². The van der Waals surface area contributed by atoms with E-state index in [1.807, 2.05) is 0 Å². The number of carboxylic acids is 1. The predicted molar refractivity (Wildman–Crippen MR) is 79.1 cm³/mol. The number of hydrogen-bond acceptors (Lipinski definition) is 3. The van der Waals surface area contributed by atoms with E-state index >= 15 is 0 Å². The van der Waals surface area contributed by atoms with Crippen molar-refractivity contribution in [3.63, 3.8) is 0 Å². The van der Waals surface area contributed by atoms with E-state index in [2.05, 4.69) is 4.72 Å². The Kier molecular flexibility index (Phi) is 5.66. The molecule has 0 amide bonds. The molecule has 128 valence electrons. The highest BCUT2D eigenvalue weighted by Gasteiger charge is 2.30. The number of alkyl halides is 2. The maximum atomic E-state index is 12.4. The van der Waals surface area contributed by atoms with Gasteiger partial charge in [-0.3, -0.25) is 4.79 Å². The van der Waals surface area contributed by atoms with E-state index in [0.717, 1.165) is 0 Å². The van der Waals surface area contributed by atoms with Crippen LogP contribution in [0.3, 0.4) is 0 Å². The summed E-state index contributed by atoms with van der Waals surface area (Å²) in [6.45, 7) is 0.290. The van der Waals surface area contributed by atoms with Crippen molar-refractivity contribution < 1.29 is 27.1 Å². The van der Waals surface area contributed by atoms with Crippen LogP contribution in [0, 0.1) is 5.92 Å². The molecule has 0 spiro atoms. The molecule has 1 aromatic rings. The summed E-state index contributed by atoms with van der Waals surface area (Å²) in [6.07, 6.45) is -2.00. The lowest BCUT2D eigenvalue weighted by Gasteiger charge is -2.29. The second-order valence-corrected chi connectivity index (χ2v) is 7.14. The Labute approximate surface area is 133 Å². The van der Waals surface area contributed by atoms with Gasteiger partial charge in [0, 0.05) is 25.2 Å². The van der Waals surface area contributed by atoms with Crippen molar-refractivity contribution in [2.45, 2.75) is 25.8 Å². The molecule has 2 rings (SSSR count). The van der Waals surface area contributed by atoms with Crippen molar-refractivity contribution in [2.75, 3.05) is 13.1 Å². The van der Waals surface area contributed by atoms with Crippen LogP contribution in [0.25, 0.3) is 0 Å². The maximum absolute atomic E-state index is 12.4. The molecule has 0 aromatic heterocycles. The summed E-state index contributed by atoms with van der Waals surface area (Å²) in [7, 11) is -3.71. The van der Waals surface area contributed by atoms with Gasteiger partial charge in [-0.1, -0.05) is 24.3 Å². The zero-order valence-electron chi connectivity index (χ0n) is 12.3. The topological polar surface area (TPSA) is 86.7 Å². The molecule has 9 heteroatoms. The highest BCUT2D eigenvalue weighted by atomic mass is 32.2. The number of nitrogens with one attached hydrogen (secondary N) is 1. The summed E-state index contributed by atoms with van der Waals surface area (Å²) in [5.41, 5.74) is 0.450. The zero-order chi connectivity index (χ0) is 17.0. The van der Waals surface area contributed by atoms with Crippen molar-refractivity contribution in [2.24, 2.45) is 5.92 Å². The number of benzene rings is 1. The quantitative estimate of drug-likeness (QED) is 0.820. The van der Waals surface area contributed by atoms with Gasteiger partial charge in [-0.15, -0.1) is 0 Å². The van der Waals surface area contributed by atoms with Crippen molar-refractivity contribution in [1.29, 1.82) is 0 Å². The van der Waals surface area contributed by atoms with Gasteiger partial charge < -0.3 is 5.11 Å². The van der Waals surface area contributed by atoms with Gasteiger partial charge in [-0.2, -0.15) is 17.4 Å². The average molecular weight is 348 g/mol. The molecule has 1 heterocycles. The van der Waals surface area contributed by atoms with Crippen molar-refractivity contribution in [3.05, 3.63) is 35.4 Å². The zero-order valence-corrected chi connectivity index (χ0v) is 13.1. The number of carboxylic acid groups (broad SMARTS) is 1. The largest absolute Gasteiger partial charge is 0.481 e. The van der Waals surface area contributed by atoms with Crippen LogP contribution in [0.4, 0.5) is 8.78 Å². The smallest absolute Gasteiger partial charge is 0.306 e. The number of nitrogens with zero attached hydrogens (tertiary/aromatic N) is 1. The van der Waals surface area contributed by atoms with Crippen LogP contribution < -0.4 is 4.72 Å². The van der Waals surface area contributed by atoms with Crippen molar-refractivity contribution in [3.8, 4) is 0 Å². The van der Waals surface area contributed by atoms with Crippen LogP contribution in [0.1, 0.15) is 30.4 Å². The van der Waals surface area contributed by atoms with E-state index in [0.29, 0.717) is 5.56 Å². The Balaban J connectivity index is 1.90. The first-order chi connectivity index (χ1) is 10.8. The Hall–Kier alpha value is -1.58. The van der Waals surface area contributed by atoms with Crippen LogP contribution >= 0.6 is 0 Å². The fourth-order valence-electron chi connectivity index (χ4n) is 2.39. The summed E-state index contributed by atoms with van der Waals surface area (Å²) in [4.78, 5) is 10.9. The molecule has 1 saturated heterocycles. The molecule has 1 aromatic carbocycles. The van der Waals surface area contributed by atoms with E-state index in [9.17, 15) is 22.0 Å². The van der Waals surface area contributed by atoms with Crippen molar-refractivity contribution >= 4 is 16.2 Å². The van der Waals surface area contributed by atoms with Crippen LogP contribution in [0.15, 0.2) is 24.3 Å². The summed E-state index contributed by atoms with van der Waals surface area (Å²) in [6, 6.07) is 5.40. The van der Waals surface area contributed by atoms with Crippen LogP contribution in [-0.4, -0.2) is 36.9 Å². The van der Waals surface area contributed by atoms with Gasteiger partial charge in [-0.05, 0) is 18.4 Å². The van der Waals surface area contributed by atoms with Crippen LogP contribution in [0.2, 0.25) is 0 Å². The van der Waals surface area contributed by atoms with Gasteiger partial charge in [-0.25, -0.2) is 8.78 Å². The first-order valence-corrected chi connectivity index (χ1v) is 8.58. The van der Waals surface area contributed by atoms with Gasteiger partial charge in [0.25, 0.3) is 16.6 Å². The molecule has 1 aliphatic heterocycles. The Morgan fingerprint density at radius 1 is 1.26 bits per heavy atom. The van der Waals surface area contributed by atoms with Gasteiger partial charge >= 0.3 is 5.97 Å². The molecule has 0 aliphatic carbocycles. The third-order valence-corrected chi connectivity index (χ3v) is 5.39. The van der Waals surface area contributed by atoms with Gasteiger partial charge in [0.2, 0.25) is 0 Å². The molecule has 23 heavy (non-hydrogen) atoms. The van der Waals surface area contributed by atoms with E-state index in [1.54, 1.807) is 0 Å². The molecule has 1 aliphatic rings. The number of rotatable bonds is 6. The fourth-order valence-corrected chi connectivity index (χ4v) is 3.61. The summed E-state index contributed by atoms with van der Waals surface area (Å²) in [5, 5.41) is 8.90. The predicted octanol–water partition coefficient (Wildman–Crippen LogP) is 1.76. The first kappa shape index (κ1) is 17.8. The minimum atomic E-state index is -3.71. The number of hydrogen-bond donors (Lipinski definition) is 2. The van der Waals surface area contributed by atoms with Crippen molar-refractivity contribution in [1.82, 2.24) is 9.03 Å². The molecular formula is C14H18F2N2O4S. The molecular weight excluding hydrogens is 330 g/mol. The monoisotopic (exact) mass is 348 g/mol. The highest BCUT2D eigenvalue weighted by molar-refractivity contribution is 7.87. The number of carbonyl (C=O) groups is 1. The fraction of sp³-hybridized carbons (Fsp3) is 0.500. The van der Waals surface area contributed by atoms with Gasteiger partial charge in [0.15, 0.2) is 0 Å². The van der Waals surface area contributed by atoms with Crippen LogP contribution in [0.5, 0.6) is 0 Å². The van der Waals surface area contributed by atoms with E-state index in [4.69, 9.17) is 5.11 Å². The molecule has 0 unspecified atom stereocenters. The molecule has 0 atom stereocenters. The third-order valence-electron chi connectivity index (χ3n) is 3.83. The van der Waals surface area contributed by atoms with Gasteiger partial charge in [0.05, 0.1) is 5.92 Å². The Bertz CT molecular complexity index is 641. The standard InChI is InChI=1S/C14H18F2N2O4S/c15-13(16)11-3-1-10(2-4-11)9-17-23(21,22)18-7-5-12(6-8-18)14(19)20/h1-4,12-13,17H,5-9H2,(H,19,20). The maximum Gasteiger partial charge on any atom is 0.306 e.